The second-order valence-corrected chi connectivity index (χ2v) is 5.01. The van der Waals surface area contributed by atoms with Crippen molar-refractivity contribution in [3.8, 4) is 0 Å². The van der Waals surface area contributed by atoms with Crippen LogP contribution in [0.15, 0.2) is 24.3 Å². The maximum atomic E-state index is 12.0. The summed E-state index contributed by atoms with van der Waals surface area (Å²) in [6.45, 7) is 3.03. The second kappa shape index (κ2) is 7.26. The van der Waals surface area contributed by atoms with Gasteiger partial charge in [-0.3, -0.25) is 4.79 Å². The lowest BCUT2D eigenvalue weighted by atomic mass is 9.99. The van der Waals surface area contributed by atoms with Gasteiger partial charge in [0.05, 0.1) is 12.5 Å². The Bertz CT molecular complexity index is 414. The Labute approximate surface area is 114 Å². The van der Waals surface area contributed by atoms with Gasteiger partial charge >= 0.3 is 0 Å². The fourth-order valence-corrected chi connectivity index (χ4v) is 2.41. The zero-order chi connectivity index (χ0) is 13.5. The molecule has 0 radical (unpaired) electrons. The molecule has 1 heterocycles. The molecule has 1 atom stereocenters. The fraction of sp³-hybridized carbons (Fsp3) is 0.533. The van der Waals surface area contributed by atoms with Gasteiger partial charge in [0.1, 0.15) is 0 Å². The molecule has 2 rings (SSSR count). The van der Waals surface area contributed by atoms with E-state index in [0.29, 0.717) is 13.2 Å². The number of rotatable bonds is 5. The van der Waals surface area contributed by atoms with Gasteiger partial charge in [-0.15, -0.1) is 0 Å². The molecule has 1 unspecified atom stereocenters. The number of benzene rings is 1. The molecule has 1 amide bonds. The number of amides is 1. The lowest BCUT2D eigenvalue weighted by Crippen LogP contribution is -2.40. The summed E-state index contributed by atoms with van der Waals surface area (Å²) in [5.41, 5.74) is 2.25. The van der Waals surface area contributed by atoms with E-state index in [1.807, 2.05) is 18.2 Å². The van der Waals surface area contributed by atoms with Crippen LogP contribution in [-0.4, -0.2) is 26.1 Å². The fourth-order valence-electron chi connectivity index (χ4n) is 2.41. The monoisotopic (exact) mass is 262 g/mol. The number of piperidine rings is 1. The van der Waals surface area contributed by atoms with E-state index in [1.165, 1.54) is 0 Å². The van der Waals surface area contributed by atoms with E-state index in [9.17, 15) is 4.79 Å². The molecule has 4 nitrogen and oxygen atoms in total. The van der Waals surface area contributed by atoms with Gasteiger partial charge < -0.3 is 15.4 Å². The highest BCUT2D eigenvalue weighted by Crippen LogP contribution is 2.11. The number of carbonyl (C=O) groups excluding carboxylic acids is 1. The number of methoxy groups -OCH3 is 1. The van der Waals surface area contributed by atoms with Crippen LogP contribution in [0.4, 0.5) is 0 Å². The van der Waals surface area contributed by atoms with Crippen molar-refractivity contribution in [3.63, 3.8) is 0 Å². The van der Waals surface area contributed by atoms with Crippen molar-refractivity contribution in [3.05, 3.63) is 35.4 Å². The molecule has 0 aromatic heterocycles. The predicted octanol–water partition coefficient (Wildman–Crippen LogP) is 1.45. The predicted molar refractivity (Wildman–Crippen MR) is 74.6 cm³/mol. The summed E-state index contributed by atoms with van der Waals surface area (Å²) in [4.78, 5) is 12.0. The molecule has 0 saturated carbocycles. The van der Waals surface area contributed by atoms with Crippen molar-refractivity contribution in [2.45, 2.75) is 26.0 Å². The highest BCUT2D eigenvalue weighted by Gasteiger charge is 2.20. The van der Waals surface area contributed by atoms with Gasteiger partial charge in [-0.1, -0.05) is 24.3 Å². The van der Waals surface area contributed by atoms with Crippen molar-refractivity contribution in [2.75, 3.05) is 20.2 Å². The Morgan fingerprint density at radius 2 is 2.32 bits per heavy atom. The molecule has 1 aliphatic heterocycles. The van der Waals surface area contributed by atoms with Gasteiger partial charge in [0.25, 0.3) is 0 Å². The van der Waals surface area contributed by atoms with Crippen LogP contribution in [0.1, 0.15) is 24.0 Å². The van der Waals surface area contributed by atoms with Crippen LogP contribution in [-0.2, 0) is 22.7 Å². The van der Waals surface area contributed by atoms with Gasteiger partial charge in [-0.2, -0.15) is 0 Å². The summed E-state index contributed by atoms with van der Waals surface area (Å²) in [6, 6.07) is 8.12. The lowest BCUT2D eigenvalue weighted by Gasteiger charge is -2.21. The van der Waals surface area contributed by atoms with Crippen LogP contribution in [0.5, 0.6) is 0 Å². The average molecular weight is 262 g/mol. The third-order valence-corrected chi connectivity index (χ3v) is 3.44. The Hall–Kier alpha value is -1.39. The van der Waals surface area contributed by atoms with E-state index in [4.69, 9.17) is 4.74 Å². The van der Waals surface area contributed by atoms with E-state index in [2.05, 4.69) is 16.7 Å². The standard InChI is InChI=1S/C15H22N2O2/c1-19-11-13-5-2-4-12(8-13)9-17-15(18)14-6-3-7-16-10-14/h2,4-5,8,14,16H,3,6-7,9-11H2,1H3,(H,17,18). The van der Waals surface area contributed by atoms with E-state index in [1.54, 1.807) is 7.11 Å². The molecular weight excluding hydrogens is 240 g/mol. The van der Waals surface area contributed by atoms with Gasteiger partial charge in [0.15, 0.2) is 0 Å². The summed E-state index contributed by atoms with van der Waals surface area (Å²) in [5, 5.41) is 6.28. The quantitative estimate of drug-likeness (QED) is 0.844. The van der Waals surface area contributed by atoms with Crippen LogP contribution in [0, 0.1) is 5.92 Å². The van der Waals surface area contributed by atoms with Crippen molar-refractivity contribution >= 4 is 5.91 Å². The highest BCUT2D eigenvalue weighted by atomic mass is 16.5. The summed E-state index contributed by atoms with van der Waals surface area (Å²) in [7, 11) is 1.69. The molecule has 0 aliphatic carbocycles. The minimum absolute atomic E-state index is 0.121. The second-order valence-electron chi connectivity index (χ2n) is 5.01. The Kier molecular flexibility index (Phi) is 5.36. The largest absolute Gasteiger partial charge is 0.380 e. The first-order chi connectivity index (χ1) is 9.29. The first kappa shape index (κ1) is 14.0. The Morgan fingerprint density at radius 1 is 1.47 bits per heavy atom. The first-order valence-corrected chi connectivity index (χ1v) is 6.85. The maximum Gasteiger partial charge on any atom is 0.224 e. The third-order valence-electron chi connectivity index (χ3n) is 3.44. The van der Waals surface area contributed by atoms with E-state index in [0.717, 1.165) is 37.1 Å². The molecule has 1 aromatic rings. The number of nitrogens with one attached hydrogen (secondary N) is 2. The average Bonchev–Trinajstić information content (AvgIpc) is 2.46. The van der Waals surface area contributed by atoms with Crippen molar-refractivity contribution in [1.29, 1.82) is 0 Å². The van der Waals surface area contributed by atoms with E-state index >= 15 is 0 Å². The van der Waals surface area contributed by atoms with Crippen LogP contribution in [0.3, 0.4) is 0 Å². The van der Waals surface area contributed by atoms with Crippen molar-refractivity contribution in [1.82, 2.24) is 10.6 Å². The Morgan fingerprint density at radius 3 is 3.05 bits per heavy atom. The summed E-state index contributed by atoms with van der Waals surface area (Å²) >= 11 is 0. The molecule has 1 aliphatic rings. The molecule has 2 N–H and O–H groups in total. The third kappa shape index (κ3) is 4.33. The Balaban J connectivity index is 1.83. The molecule has 104 valence electrons. The van der Waals surface area contributed by atoms with E-state index < -0.39 is 0 Å². The number of hydrogen-bond acceptors (Lipinski definition) is 3. The molecule has 4 heteroatoms. The number of ether oxygens (including phenoxy) is 1. The molecule has 1 fully saturated rings. The first-order valence-electron chi connectivity index (χ1n) is 6.85. The van der Waals surface area contributed by atoms with Crippen LogP contribution in [0.2, 0.25) is 0 Å². The van der Waals surface area contributed by atoms with Gasteiger partial charge in [-0.05, 0) is 30.5 Å². The zero-order valence-electron chi connectivity index (χ0n) is 11.4. The smallest absolute Gasteiger partial charge is 0.224 e. The van der Waals surface area contributed by atoms with Crippen LogP contribution >= 0.6 is 0 Å². The molecule has 19 heavy (non-hydrogen) atoms. The van der Waals surface area contributed by atoms with Gasteiger partial charge in [0, 0.05) is 20.2 Å². The van der Waals surface area contributed by atoms with Gasteiger partial charge in [0.2, 0.25) is 5.91 Å². The number of hydrogen-bond donors (Lipinski definition) is 2. The van der Waals surface area contributed by atoms with E-state index in [-0.39, 0.29) is 11.8 Å². The minimum atomic E-state index is 0.121. The highest BCUT2D eigenvalue weighted by molar-refractivity contribution is 5.78. The van der Waals surface area contributed by atoms with Crippen molar-refractivity contribution < 1.29 is 9.53 Å². The maximum absolute atomic E-state index is 12.0. The SMILES string of the molecule is COCc1cccc(CNC(=O)C2CCCNC2)c1. The van der Waals surface area contributed by atoms with Crippen LogP contribution in [0.25, 0.3) is 0 Å². The van der Waals surface area contributed by atoms with Crippen molar-refractivity contribution in [2.24, 2.45) is 5.92 Å². The molecule has 1 saturated heterocycles. The summed E-state index contributed by atoms with van der Waals surface area (Å²) < 4.78 is 5.11. The molecule has 1 aromatic carbocycles. The summed E-state index contributed by atoms with van der Waals surface area (Å²) in [5.74, 6) is 0.278. The lowest BCUT2D eigenvalue weighted by molar-refractivity contribution is -0.125. The molecule has 0 spiro atoms. The van der Waals surface area contributed by atoms with Crippen LogP contribution < -0.4 is 10.6 Å². The molecule has 0 bridgehead atoms. The van der Waals surface area contributed by atoms with Gasteiger partial charge in [-0.25, -0.2) is 0 Å². The summed E-state index contributed by atoms with van der Waals surface area (Å²) in [6.07, 6.45) is 2.07. The zero-order valence-corrected chi connectivity index (χ0v) is 11.4. The molecular formula is C15H22N2O2. The normalized spacial score (nSPS) is 19.1. The topological polar surface area (TPSA) is 50.4 Å². The minimum Gasteiger partial charge on any atom is -0.380 e. The number of carbonyl (C=O) groups is 1.